The Labute approximate surface area is 141 Å². The van der Waals surface area contributed by atoms with Crippen molar-refractivity contribution < 1.29 is 0 Å². The van der Waals surface area contributed by atoms with Crippen molar-refractivity contribution in [3.05, 3.63) is 76.4 Å². The minimum absolute atomic E-state index is 0.560. The Morgan fingerprint density at radius 1 is 1.45 bits per heavy atom. The number of thiophene rings is 1. The summed E-state index contributed by atoms with van der Waals surface area (Å²) < 4.78 is 0. The van der Waals surface area contributed by atoms with Gasteiger partial charge in [0.15, 0.2) is 0 Å². The molecule has 1 aromatic rings. The summed E-state index contributed by atoms with van der Waals surface area (Å²) in [5.74, 6) is 0.560. The molecule has 0 fully saturated rings. The summed E-state index contributed by atoms with van der Waals surface area (Å²) in [5.41, 5.74) is 3.77. The van der Waals surface area contributed by atoms with Crippen LogP contribution in [0.25, 0.3) is 0 Å². The van der Waals surface area contributed by atoms with Crippen molar-refractivity contribution in [2.24, 2.45) is 0 Å². The van der Waals surface area contributed by atoms with E-state index in [9.17, 15) is 0 Å². The van der Waals surface area contributed by atoms with Gasteiger partial charge in [0, 0.05) is 4.88 Å². The van der Waals surface area contributed by atoms with Crippen molar-refractivity contribution in [1.82, 2.24) is 0 Å². The van der Waals surface area contributed by atoms with Crippen molar-refractivity contribution in [2.75, 3.05) is 0 Å². The van der Waals surface area contributed by atoms with Gasteiger partial charge in [-0.15, -0.1) is 30.4 Å². The van der Waals surface area contributed by atoms with Gasteiger partial charge in [-0.05, 0) is 42.7 Å². The second-order valence-corrected chi connectivity index (χ2v) is 6.75. The Morgan fingerprint density at radius 2 is 2.23 bits per heavy atom. The molecule has 120 valence electrons. The molecule has 1 unspecified atom stereocenters. The zero-order chi connectivity index (χ0) is 16.4. The van der Waals surface area contributed by atoms with Gasteiger partial charge < -0.3 is 0 Å². The van der Waals surface area contributed by atoms with E-state index in [0.717, 1.165) is 18.4 Å². The van der Waals surface area contributed by atoms with Gasteiger partial charge in [-0.3, -0.25) is 0 Å². The summed E-state index contributed by atoms with van der Waals surface area (Å²) in [7, 11) is 0. The topological polar surface area (TPSA) is 0 Å². The number of hydrogen-bond acceptors (Lipinski definition) is 1. The van der Waals surface area contributed by atoms with Gasteiger partial charge >= 0.3 is 0 Å². The summed E-state index contributed by atoms with van der Waals surface area (Å²) >= 11 is 1.84. The molecule has 0 nitrogen and oxygen atoms in total. The zero-order valence-corrected chi connectivity index (χ0v) is 15.2. The van der Waals surface area contributed by atoms with Crippen LogP contribution < -0.4 is 0 Å². The van der Waals surface area contributed by atoms with Gasteiger partial charge in [-0.2, -0.15) is 0 Å². The lowest BCUT2D eigenvalue weighted by molar-refractivity contribution is 0.795. The number of hydrogen-bond donors (Lipinski definition) is 0. The van der Waals surface area contributed by atoms with Crippen LogP contribution in [-0.4, -0.2) is 0 Å². The second-order valence-electron chi connectivity index (χ2n) is 5.77. The molecule has 1 heterocycles. The molecule has 0 aliphatic carbocycles. The Kier molecular flexibility index (Phi) is 8.69. The van der Waals surface area contributed by atoms with Crippen LogP contribution in [0.4, 0.5) is 0 Å². The molecule has 0 saturated heterocycles. The van der Waals surface area contributed by atoms with Crippen LogP contribution in [0.15, 0.2) is 65.1 Å². The standard InChI is InChI=1S/C21H29S/c1-6-8-11-18(4)20(16-17(3)10-7-2)14-13-19(5)21-12-9-15-22-21/h6,8-9,11-12,14-16,19H,4,7,10,13H2,1-3,5H3/q-1/b11-8?,17-16-,20-14+. The third-order valence-corrected chi connectivity index (χ3v) is 4.73. The molecule has 0 radical (unpaired) electrons. The van der Waals surface area contributed by atoms with E-state index in [4.69, 9.17) is 0 Å². The van der Waals surface area contributed by atoms with Crippen LogP contribution in [0.3, 0.4) is 0 Å². The molecule has 1 aromatic heterocycles. The molecular formula is C21H29S-. The lowest BCUT2D eigenvalue weighted by Gasteiger charge is -2.12. The monoisotopic (exact) mass is 313 g/mol. The van der Waals surface area contributed by atoms with Gasteiger partial charge in [-0.1, -0.05) is 44.1 Å². The smallest absolute Gasteiger partial charge is 0.00765 e. The molecule has 0 saturated carbocycles. The maximum Gasteiger partial charge on any atom is 0.00765 e. The highest BCUT2D eigenvalue weighted by atomic mass is 32.1. The Morgan fingerprint density at radius 3 is 2.82 bits per heavy atom. The summed E-state index contributed by atoms with van der Waals surface area (Å²) in [6, 6.07) is 4.35. The average molecular weight is 314 g/mol. The third kappa shape index (κ3) is 6.53. The van der Waals surface area contributed by atoms with Crippen LogP contribution >= 0.6 is 11.3 Å². The molecule has 0 N–H and O–H groups in total. The molecule has 0 aromatic carbocycles. The fraction of sp³-hybridized carbons (Fsp3) is 0.381. The first-order chi connectivity index (χ1) is 10.6. The molecule has 0 aliphatic heterocycles. The first kappa shape index (κ1) is 18.6. The highest BCUT2D eigenvalue weighted by Gasteiger charge is 2.05. The largest absolute Gasteiger partial charge is 0.233 e. The summed E-state index contributed by atoms with van der Waals surface area (Å²) in [4.78, 5) is 1.45. The predicted molar refractivity (Wildman–Crippen MR) is 102 cm³/mol. The first-order valence-electron chi connectivity index (χ1n) is 8.14. The van der Waals surface area contributed by atoms with E-state index in [1.54, 1.807) is 0 Å². The van der Waals surface area contributed by atoms with Gasteiger partial charge in [0.25, 0.3) is 0 Å². The highest BCUT2D eigenvalue weighted by Crippen LogP contribution is 2.26. The average Bonchev–Trinajstić information content (AvgIpc) is 3.03. The van der Waals surface area contributed by atoms with E-state index in [-0.39, 0.29) is 0 Å². The van der Waals surface area contributed by atoms with Crippen LogP contribution in [0.1, 0.15) is 57.8 Å². The fourth-order valence-electron chi connectivity index (χ4n) is 2.31. The molecule has 22 heavy (non-hydrogen) atoms. The molecule has 1 rings (SSSR count). The molecule has 0 spiro atoms. The lowest BCUT2D eigenvalue weighted by Crippen LogP contribution is -1.91. The Bertz CT molecular complexity index is 526. The van der Waals surface area contributed by atoms with Crippen LogP contribution in [0.2, 0.25) is 0 Å². The van der Waals surface area contributed by atoms with Crippen molar-refractivity contribution >= 4 is 11.3 Å². The molecular weight excluding hydrogens is 284 g/mol. The quantitative estimate of drug-likeness (QED) is 0.332. The minimum atomic E-state index is 0.560. The third-order valence-electron chi connectivity index (χ3n) is 3.63. The van der Waals surface area contributed by atoms with E-state index < -0.39 is 0 Å². The van der Waals surface area contributed by atoms with Crippen molar-refractivity contribution in [2.45, 2.75) is 52.9 Å². The van der Waals surface area contributed by atoms with E-state index in [2.05, 4.69) is 69.2 Å². The minimum Gasteiger partial charge on any atom is -0.233 e. The summed E-state index contributed by atoms with van der Waals surface area (Å²) in [6.07, 6.45) is 14.2. The summed E-state index contributed by atoms with van der Waals surface area (Å²) in [5, 5.41) is 2.15. The lowest BCUT2D eigenvalue weighted by atomic mass is 9.97. The molecule has 0 amide bonds. The van der Waals surface area contributed by atoms with E-state index in [1.807, 2.05) is 24.7 Å². The molecule has 0 aliphatic rings. The van der Waals surface area contributed by atoms with Gasteiger partial charge in [0.2, 0.25) is 0 Å². The highest BCUT2D eigenvalue weighted by molar-refractivity contribution is 7.10. The summed E-state index contributed by atoms with van der Waals surface area (Å²) in [6.45, 7) is 13.0. The van der Waals surface area contributed by atoms with Crippen LogP contribution in [-0.2, 0) is 0 Å². The Hall–Kier alpha value is -1.47. The van der Waals surface area contributed by atoms with Crippen molar-refractivity contribution in [1.29, 1.82) is 0 Å². The zero-order valence-electron chi connectivity index (χ0n) is 14.4. The van der Waals surface area contributed by atoms with Gasteiger partial charge in [0.1, 0.15) is 0 Å². The SMILES string of the molecule is C=C(C=C[CH-]C)C(/C=C(/C)CCC)=C/CC(C)c1cccs1. The van der Waals surface area contributed by atoms with E-state index >= 15 is 0 Å². The van der Waals surface area contributed by atoms with Crippen molar-refractivity contribution in [3.63, 3.8) is 0 Å². The normalized spacial score (nSPS) is 14.4. The maximum atomic E-state index is 4.23. The number of rotatable bonds is 9. The molecule has 1 atom stereocenters. The van der Waals surface area contributed by atoms with E-state index in [1.165, 1.54) is 22.4 Å². The molecule has 1 heteroatoms. The second kappa shape index (κ2) is 10.3. The Balaban J connectivity index is 2.88. The molecule has 0 bridgehead atoms. The van der Waals surface area contributed by atoms with E-state index in [0.29, 0.717) is 5.92 Å². The van der Waals surface area contributed by atoms with Crippen molar-refractivity contribution in [3.8, 4) is 0 Å². The van der Waals surface area contributed by atoms with Gasteiger partial charge in [0.05, 0.1) is 0 Å². The number of allylic oxidation sites excluding steroid dienone is 7. The fourth-order valence-corrected chi connectivity index (χ4v) is 3.11. The first-order valence-corrected chi connectivity index (χ1v) is 9.02. The maximum absolute atomic E-state index is 4.23. The van der Waals surface area contributed by atoms with Crippen LogP contribution in [0.5, 0.6) is 0 Å². The van der Waals surface area contributed by atoms with Crippen LogP contribution in [0, 0.1) is 6.42 Å². The predicted octanol–water partition coefficient (Wildman–Crippen LogP) is 7.25. The van der Waals surface area contributed by atoms with Gasteiger partial charge in [-0.25, -0.2) is 18.6 Å².